The van der Waals surface area contributed by atoms with Crippen molar-refractivity contribution in [1.29, 1.82) is 0 Å². The molecule has 0 unspecified atom stereocenters. The second kappa shape index (κ2) is 7.25. The van der Waals surface area contributed by atoms with Gasteiger partial charge < -0.3 is 15.3 Å². The minimum atomic E-state index is -0.912. The summed E-state index contributed by atoms with van der Waals surface area (Å²) in [4.78, 5) is 37.2. The van der Waals surface area contributed by atoms with Gasteiger partial charge in [-0.25, -0.2) is 4.79 Å². The first-order valence-corrected chi connectivity index (χ1v) is 8.86. The van der Waals surface area contributed by atoms with Gasteiger partial charge >= 0.3 is 5.97 Å². The lowest BCUT2D eigenvalue weighted by molar-refractivity contribution is -0.141. The number of rotatable bonds is 4. The van der Waals surface area contributed by atoms with E-state index in [-0.39, 0.29) is 17.9 Å². The van der Waals surface area contributed by atoms with Crippen molar-refractivity contribution in [3.05, 3.63) is 35.4 Å². The van der Waals surface area contributed by atoms with E-state index in [0.29, 0.717) is 24.4 Å². The number of hydrogen-bond donors (Lipinski definition) is 2. The maximum Gasteiger partial charge on any atom is 0.326 e. The SMILES string of the molecule is CC(=O)NCc1ccc(C(=O)N2[C@@H]3CCCC[C@H]3C[C@H]2C(=O)O)cc1. The average Bonchev–Trinajstić information content (AvgIpc) is 2.99. The summed E-state index contributed by atoms with van der Waals surface area (Å²) in [5, 5.41) is 12.3. The van der Waals surface area contributed by atoms with Crippen LogP contribution < -0.4 is 5.32 Å². The summed E-state index contributed by atoms with van der Waals surface area (Å²) >= 11 is 0. The molecule has 2 N–H and O–H groups in total. The van der Waals surface area contributed by atoms with Gasteiger partial charge in [-0.2, -0.15) is 0 Å². The molecular weight excluding hydrogens is 320 g/mol. The Balaban J connectivity index is 1.78. The summed E-state index contributed by atoms with van der Waals surface area (Å²) in [7, 11) is 0. The van der Waals surface area contributed by atoms with Gasteiger partial charge in [-0.15, -0.1) is 0 Å². The zero-order valence-electron chi connectivity index (χ0n) is 14.4. The molecule has 1 aromatic rings. The standard InChI is InChI=1S/C19H24N2O4/c1-12(22)20-11-13-6-8-14(9-7-13)18(23)21-16-5-3-2-4-15(16)10-17(21)19(24)25/h6-9,15-17H,2-5,10-11H2,1H3,(H,20,22)(H,24,25)/t15-,16+,17-/m0/s1. The highest BCUT2D eigenvalue weighted by atomic mass is 16.4. The molecular formula is C19H24N2O4. The third-order valence-electron chi connectivity index (χ3n) is 5.35. The van der Waals surface area contributed by atoms with Gasteiger partial charge in [-0.3, -0.25) is 9.59 Å². The van der Waals surface area contributed by atoms with Gasteiger partial charge in [0.25, 0.3) is 5.91 Å². The van der Waals surface area contributed by atoms with Crippen LogP contribution in [0.2, 0.25) is 0 Å². The lowest BCUT2D eigenvalue weighted by atomic mass is 9.84. The van der Waals surface area contributed by atoms with E-state index < -0.39 is 12.0 Å². The number of carbonyl (C=O) groups is 3. The van der Waals surface area contributed by atoms with Crippen LogP contribution in [0.5, 0.6) is 0 Å². The van der Waals surface area contributed by atoms with Crippen molar-refractivity contribution >= 4 is 17.8 Å². The number of aliphatic carboxylic acids is 1. The third-order valence-corrected chi connectivity index (χ3v) is 5.35. The molecule has 134 valence electrons. The van der Waals surface area contributed by atoms with Crippen LogP contribution in [0.25, 0.3) is 0 Å². The molecule has 1 heterocycles. The van der Waals surface area contributed by atoms with Crippen LogP contribution in [0.4, 0.5) is 0 Å². The van der Waals surface area contributed by atoms with E-state index in [2.05, 4.69) is 5.32 Å². The largest absolute Gasteiger partial charge is 0.480 e. The van der Waals surface area contributed by atoms with Crippen molar-refractivity contribution in [2.75, 3.05) is 0 Å². The summed E-state index contributed by atoms with van der Waals surface area (Å²) < 4.78 is 0. The molecule has 0 bridgehead atoms. The molecule has 25 heavy (non-hydrogen) atoms. The lowest BCUT2D eigenvalue weighted by Gasteiger charge is -2.33. The fourth-order valence-corrected chi connectivity index (χ4v) is 4.11. The Morgan fingerprint density at radius 2 is 1.84 bits per heavy atom. The third kappa shape index (κ3) is 3.67. The predicted molar refractivity (Wildman–Crippen MR) is 91.9 cm³/mol. The van der Waals surface area contributed by atoms with Crippen LogP contribution in [-0.2, 0) is 16.1 Å². The molecule has 1 aliphatic heterocycles. The van der Waals surface area contributed by atoms with Crippen molar-refractivity contribution in [2.45, 2.75) is 57.7 Å². The van der Waals surface area contributed by atoms with Crippen molar-refractivity contribution < 1.29 is 19.5 Å². The molecule has 0 spiro atoms. The van der Waals surface area contributed by atoms with E-state index in [1.807, 2.05) is 0 Å². The smallest absolute Gasteiger partial charge is 0.326 e. The Bertz CT molecular complexity index is 671. The Hall–Kier alpha value is -2.37. The van der Waals surface area contributed by atoms with Crippen LogP contribution in [0.15, 0.2) is 24.3 Å². The highest BCUT2D eigenvalue weighted by Gasteiger charge is 2.47. The summed E-state index contributed by atoms with van der Waals surface area (Å²) in [6.45, 7) is 1.87. The number of carboxylic acids is 1. The second-order valence-electron chi connectivity index (χ2n) is 7.02. The van der Waals surface area contributed by atoms with Gasteiger partial charge in [0.2, 0.25) is 5.91 Å². The van der Waals surface area contributed by atoms with Crippen LogP contribution in [0.1, 0.15) is 54.9 Å². The summed E-state index contributed by atoms with van der Waals surface area (Å²) in [6.07, 6.45) is 4.63. The van der Waals surface area contributed by atoms with Gasteiger partial charge in [0.05, 0.1) is 0 Å². The van der Waals surface area contributed by atoms with E-state index in [1.54, 1.807) is 29.2 Å². The molecule has 1 aliphatic carbocycles. The van der Waals surface area contributed by atoms with Gasteiger partial charge in [0.1, 0.15) is 6.04 Å². The number of nitrogens with one attached hydrogen (secondary N) is 1. The van der Waals surface area contributed by atoms with Crippen LogP contribution in [0, 0.1) is 5.92 Å². The summed E-state index contributed by atoms with van der Waals surface area (Å²) in [5.41, 5.74) is 1.41. The Kier molecular flexibility index (Phi) is 5.06. The highest BCUT2D eigenvalue weighted by molar-refractivity contribution is 5.97. The highest BCUT2D eigenvalue weighted by Crippen LogP contribution is 2.40. The Morgan fingerprint density at radius 3 is 2.48 bits per heavy atom. The van der Waals surface area contributed by atoms with Crippen molar-refractivity contribution in [2.24, 2.45) is 5.92 Å². The number of carboxylic acid groups (broad SMARTS) is 1. The summed E-state index contributed by atoms with van der Waals surface area (Å²) in [5.74, 6) is -0.916. The van der Waals surface area contributed by atoms with E-state index in [9.17, 15) is 19.5 Å². The molecule has 2 fully saturated rings. The minimum Gasteiger partial charge on any atom is -0.480 e. The average molecular weight is 344 g/mol. The predicted octanol–water partition coefficient (Wildman–Crippen LogP) is 2.18. The van der Waals surface area contributed by atoms with E-state index in [0.717, 1.165) is 31.2 Å². The van der Waals surface area contributed by atoms with Gasteiger partial charge in [0, 0.05) is 25.1 Å². The van der Waals surface area contributed by atoms with Crippen molar-refractivity contribution in [3.63, 3.8) is 0 Å². The van der Waals surface area contributed by atoms with Crippen molar-refractivity contribution in [1.82, 2.24) is 10.2 Å². The van der Waals surface area contributed by atoms with Crippen LogP contribution in [0.3, 0.4) is 0 Å². The number of amides is 2. The molecule has 3 rings (SSSR count). The second-order valence-corrected chi connectivity index (χ2v) is 7.02. The topological polar surface area (TPSA) is 86.7 Å². The molecule has 2 aliphatic rings. The number of benzene rings is 1. The van der Waals surface area contributed by atoms with Crippen molar-refractivity contribution in [3.8, 4) is 0 Å². The van der Waals surface area contributed by atoms with E-state index in [1.165, 1.54) is 6.92 Å². The normalized spacial score (nSPS) is 25.3. The fraction of sp³-hybridized carbons (Fsp3) is 0.526. The first-order chi connectivity index (χ1) is 12.0. The molecule has 6 heteroatoms. The first kappa shape index (κ1) is 17.5. The lowest BCUT2D eigenvalue weighted by Crippen LogP contribution is -2.46. The number of hydrogen-bond acceptors (Lipinski definition) is 3. The van der Waals surface area contributed by atoms with Gasteiger partial charge in [-0.05, 0) is 42.9 Å². The molecule has 3 atom stereocenters. The van der Waals surface area contributed by atoms with Crippen LogP contribution in [-0.4, -0.2) is 39.9 Å². The molecule has 1 saturated carbocycles. The zero-order valence-corrected chi connectivity index (χ0v) is 14.4. The number of likely N-dealkylation sites (tertiary alicyclic amines) is 1. The van der Waals surface area contributed by atoms with Gasteiger partial charge in [-0.1, -0.05) is 25.0 Å². The fourth-order valence-electron chi connectivity index (χ4n) is 4.11. The van der Waals surface area contributed by atoms with E-state index >= 15 is 0 Å². The monoisotopic (exact) mass is 344 g/mol. The number of fused-ring (bicyclic) bond motifs is 1. The maximum absolute atomic E-state index is 13.0. The number of carbonyl (C=O) groups excluding carboxylic acids is 2. The first-order valence-electron chi connectivity index (χ1n) is 8.86. The quantitative estimate of drug-likeness (QED) is 0.876. The molecule has 0 aromatic heterocycles. The minimum absolute atomic E-state index is 0.0430. The molecule has 0 radical (unpaired) electrons. The number of nitrogens with zero attached hydrogens (tertiary/aromatic N) is 1. The molecule has 1 aromatic carbocycles. The zero-order chi connectivity index (χ0) is 18.0. The van der Waals surface area contributed by atoms with Gasteiger partial charge in [0.15, 0.2) is 0 Å². The van der Waals surface area contributed by atoms with E-state index in [4.69, 9.17) is 0 Å². The Labute approximate surface area is 147 Å². The Morgan fingerprint density at radius 1 is 1.16 bits per heavy atom. The van der Waals surface area contributed by atoms with Crippen LogP contribution >= 0.6 is 0 Å². The molecule has 6 nitrogen and oxygen atoms in total. The maximum atomic E-state index is 13.0. The summed E-state index contributed by atoms with van der Waals surface area (Å²) in [6, 6.07) is 6.35. The molecule has 2 amide bonds. The molecule has 1 saturated heterocycles.